The molecule has 1 amide bonds. The van der Waals surface area contributed by atoms with Crippen LogP contribution < -0.4 is 4.90 Å². The summed E-state index contributed by atoms with van der Waals surface area (Å²) >= 11 is 6.09. The Balaban J connectivity index is 1.66. The van der Waals surface area contributed by atoms with E-state index >= 15 is 0 Å². The second-order valence-corrected chi connectivity index (χ2v) is 9.94. The number of aryl methyl sites for hydroxylation is 1. The lowest BCUT2D eigenvalue weighted by atomic mass is 10.0. The summed E-state index contributed by atoms with van der Waals surface area (Å²) in [5.74, 6) is -0.0310. The number of nitrogens with zero attached hydrogens (tertiary/aromatic N) is 2. The van der Waals surface area contributed by atoms with Crippen molar-refractivity contribution in [3.8, 4) is 0 Å². The molecule has 7 heteroatoms. The molecule has 2 aliphatic heterocycles. The van der Waals surface area contributed by atoms with Crippen molar-refractivity contribution in [2.24, 2.45) is 0 Å². The van der Waals surface area contributed by atoms with Crippen LogP contribution in [0.15, 0.2) is 48.5 Å². The molecule has 2 aromatic carbocycles. The van der Waals surface area contributed by atoms with Gasteiger partial charge in [-0.05, 0) is 30.7 Å². The van der Waals surface area contributed by atoms with Crippen LogP contribution in [0.3, 0.4) is 0 Å². The molecule has 0 radical (unpaired) electrons. The first-order chi connectivity index (χ1) is 12.8. The largest absolute Gasteiger partial charge is 0.306 e. The molecule has 0 bridgehead atoms. The van der Waals surface area contributed by atoms with Gasteiger partial charge in [0.05, 0.1) is 24.1 Å². The fourth-order valence-electron chi connectivity index (χ4n) is 4.02. The zero-order valence-corrected chi connectivity index (χ0v) is 16.6. The number of sulfone groups is 1. The summed E-state index contributed by atoms with van der Waals surface area (Å²) < 4.78 is 24.8. The van der Waals surface area contributed by atoms with Gasteiger partial charge in [0, 0.05) is 23.3 Å². The monoisotopic (exact) mass is 404 g/mol. The van der Waals surface area contributed by atoms with E-state index in [0.717, 1.165) is 5.56 Å². The van der Waals surface area contributed by atoms with Gasteiger partial charge in [0.25, 0.3) is 0 Å². The minimum absolute atomic E-state index is 0.0136. The molecule has 0 aromatic heterocycles. The van der Waals surface area contributed by atoms with Gasteiger partial charge < -0.3 is 4.90 Å². The van der Waals surface area contributed by atoms with Crippen LogP contribution in [0.25, 0.3) is 0 Å². The molecule has 0 aliphatic carbocycles. The number of carbonyl (C=O) groups excluding carboxylic acids is 1. The van der Waals surface area contributed by atoms with E-state index < -0.39 is 9.84 Å². The number of piperazine rings is 1. The van der Waals surface area contributed by atoms with Crippen LogP contribution in [-0.4, -0.2) is 49.4 Å². The molecular weight excluding hydrogens is 384 g/mol. The van der Waals surface area contributed by atoms with Crippen LogP contribution in [0.2, 0.25) is 5.02 Å². The van der Waals surface area contributed by atoms with E-state index in [0.29, 0.717) is 17.3 Å². The molecule has 0 N–H and O–H groups in total. The average Bonchev–Trinajstić information content (AvgIpc) is 2.92. The van der Waals surface area contributed by atoms with Crippen LogP contribution in [0.1, 0.15) is 11.1 Å². The highest BCUT2D eigenvalue weighted by Crippen LogP contribution is 2.33. The molecule has 2 fully saturated rings. The second-order valence-electron chi connectivity index (χ2n) is 7.35. The van der Waals surface area contributed by atoms with Gasteiger partial charge in [-0.15, -0.1) is 0 Å². The topological polar surface area (TPSA) is 57.7 Å². The lowest BCUT2D eigenvalue weighted by molar-refractivity contribution is -0.123. The van der Waals surface area contributed by atoms with Crippen molar-refractivity contribution in [1.29, 1.82) is 0 Å². The molecule has 5 nitrogen and oxygen atoms in total. The molecule has 2 unspecified atom stereocenters. The quantitative estimate of drug-likeness (QED) is 0.789. The Bertz CT molecular complexity index is 975. The molecule has 2 saturated heterocycles. The van der Waals surface area contributed by atoms with E-state index in [1.54, 1.807) is 29.2 Å². The summed E-state index contributed by atoms with van der Waals surface area (Å²) in [6.07, 6.45) is 0. The van der Waals surface area contributed by atoms with Gasteiger partial charge in [-0.25, -0.2) is 8.42 Å². The maximum absolute atomic E-state index is 13.0. The number of halogens is 1. The van der Waals surface area contributed by atoms with Gasteiger partial charge in [0.2, 0.25) is 5.91 Å². The van der Waals surface area contributed by atoms with Gasteiger partial charge in [-0.1, -0.05) is 47.5 Å². The van der Waals surface area contributed by atoms with Gasteiger partial charge in [-0.2, -0.15) is 0 Å². The van der Waals surface area contributed by atoms with E-state index in [-0.39, 0.29) is 36.0 Å². The van der Waals surface area contributed by atoms with Crippen molar-refractivity contribution in [2.75, 3.05) is 23.0 Å². The minimum atomic E-state index is -3.20. The van der Waals surface area contributed by atoms with Crippen LogP contribution in [0.5, 0.6) is 0 Å². The Labute approximate surface area is 164 Å². The van der Waals surface area contributed by atoms with Gasteiger partial charge in [0.1, 0.15) is 0 Å². The lowest BCUT2D eigenvalue weighted by Crippen LogP contribution is -2.61. The predicted octanol–water partition coefficient (Wildman–Crippen LogP) is 2.66. The van der Waals surface area contributed by atoms with Crippen molar-refractivity contribution in [2.45, 2.75) is 25.6 Å². The van der Waals surface area contributed by atoms with Crippen LogP contribution in [-0.2, 0) is 21.2 Å². The van der Waals surface area contributed by atoms with Gasteiger partial charge in [-0.3, -0.25) is 9.69 Å². The SMILES string of the molecule is Cc1ccc(CN2CC(=O)N(c3cccc(Cl)c3)C3CS(=O)(=O)CC32)cc1. The number of carbonyl (C=O) groups is 1. The number of fused-ring (bicyclic) bond motifs is 1. The van der Waals surface area contributed by atoms with Crippen LogP contribution in [0, 0.1) is 6.92 Å². The Kier molecular flexibility index (Phi) is 4.74. The first kappa shape index (κ1) is 18.5. The fraction of sp³-hybridized carbons (Fsp3) is 0.350. The standard InChI is InChI=1S/C20H21ClN2O3S/c1-14-5-7-15(8-6-14)10-22-11-20(24)23(17-4-2-3-16(21)9-17)19-13-27(25,26)12-18(19)22/h2-9,18-19H,10-13H2,1H3. The summed E-state index contributed by atoms with van der Waals surface area (Å²) in [5, 5.41) is 0.528. The lowest BCUT2D eigenvalue weighted by Gasteiger charge is -2.43. The van der Waals surface area contributed by atoms with Crippen molar-refractivity contribution < 1.29 is 13.2 Å². The first-order valence-corrected chi connectivity index (χ1v) is 11.1. The number of amides is 1. The maximum Gasteiger partial charge on any atom is 0.241 e. The molecule has 142 valence electrons. The van der Waals surface area contributed by atoms with Crippen LogP contribution in [0.4, 0.5) is 5.69 Å². The minimum Gasteiger partial charge on any atom is -0.306 e. The molecule has 2 heterocycles. The summed E-state index contributed by atoms with van der Waals surface area (Å²) in [4.78, 5) is 16.6. The average molecular weight is 405 g/mol. The third kappa shape index (κ3) is 3.74. The first-order valence-electron chi connectivity index (χ1n) is 8.90. The van der Waals surface area contributed by atoms with E-state index in [1.165, 1.54) is 5.56 Å². The Morgan fingerprint density at radius 3 is 2.48 bits per heavy atom. The molecule has 2 aliphatic rings. The van der Waals surface area contributed by atoms with Crippen molar-refractivity contribution in [3.63, 3.8) is 0 Å². The van der Waals surface area contributed by atoms with E-state index in [4.69, 9.17) is 11.6 Å². The second kappa shape index (κ2) is 6.93. The van der Waals surface area contributed by atoms with Crippen molar-refractivity contribution in [1.82, 2.24) is 4.90 Å². The van der Waals surface area contributed by atoms with Gasteiger partial charge >= 0.3 is 0 Å². The maximum atomic E-state index is 13.0. The van der Waals surface area contributed by atoms with E-state index in [2.05, 4.69) is 0 Å². The molecule has 4 rings (SSSR count). The number of anilines is 1. The van der Waals surface area contributed by atoms with Crippen LogP contribution >= 0.6 is 11.6 Å². The highest BCUT2D eigenvalue weighted by Gasteiger charge is 2.49. The summed E-state index contributed by atoms with van der Waals surface area (Å²) in [6, 6.07) is 14.6. The number of hydrogen-bond acceptors (Lipinski definition) is 4. The third-order valence-electron chi connectivity index (χ3n) is 5.29. The number of hydrogen-bond donors (Lipinski definition) is 0. The Morgan fingerprint density at radius 1 is 1.07 bits per heavy atom. The number of benzene rings is 2. The molecule has 27 heavy (non-hydrogen) atoms. The predicted molar refractivity (Wildman–Crippen MR) is 107 cm³/mol. The normalized spacial score (nSPS) is 24.8. The highest BCUT2D eigenvalue weighted by molar-refractivity contribution is 7.91. The summed E-state index contributed by atoms with van der Waals surface area (Å²) in [5.41, 5.74) is 2.91. The van der Waals surface area contributed by atoms with E-state index in [9.17, 15) is 13.2 Å². The molecule has 0 spiro atoms. The Hall–Kier alpha value is -1.89. The molecule has 2 aromatic rings. The Morgan fingerprint density at radius 2 is 1.78 bits per heavy atom. The summed E-state index contributed by atoms with van der Waals surface area (Å²) in [6.45, 7) is 2.78. The fourth-order valence-corrected chi connectivity index (χ4v) is 6.19. The van der Waals surface area contributed by atoms with E-state index in [1.807, 2.05) is 36.1 Å². The van der Waals surface area contributed by atoms with Crippen molar-refractivity contribution >= 4 is 33.0 Å². The third-order valence-corrected chi connectivity index (χ3v) is 7.23. The number of rotatable bonds is 3. The zero-order chi connectivity index (χ0) is 19.2. The van der Waals surface area contributed by atoms with Crippen molar-refractivity contribution in [3.05, 3.63) is 64.7 Å². The highest BCUT2D eigenvalue weighted by atomic mass is 35.5. The molecule has 2 atom stereocenters. The molecular formula is C20H21ClN2O3S. The smallest absolute Gasteiger partial charge is 0.241 e. The summed E-state index contributed by atoms with van der Waals surface area (Å²) in [7, 11) is -3.20. The zero-order valence-electron chi connectivity index (χ0n) is 15.0. The molecule has 0 saturated carbocycles. The van der Waals surface area contributed by atoms with Gasteiger partial charge in [0.15, 0.2) is 9.84 Å².